The molecule has 6 aliphatic rings. The van der Waals surface area contributed by atoms with Crippen molar-refractivity contribution in [2.45, 2.75) is 137 Å². The first-order valence-corrected chi connectivity index (χ1v) is 91.4. The second-order valence-corrected chi connectivity index (χ2v) is 92.0. The molecule has 10 aromatic rings. The molecule has 6 aromatic heterocycles. The molecule has 0 radical (unpaired) electrons. The number of ether oxygens (including phenoxy) is 2. The standard InChI is InChI=1S/C40H36ClN7O5S.C24H21N3O5.C16H12ClIN4S.CH4.S28.S9.H2/c1-22-31(54-40-34(22)36(25-10-12-26(41)13-11-25)43-21-32-46-45-23(2)47(32)40)17-15-27-14-9-24(20-42-27)6-3-4-19-53-30-8-5-7-28-35(30)39(52)48(38(28)51)29-16-18-33(49)44-37(29)50;1-2-16-10-9-15(14-25-16)6-3-4-13-32-19-8-5-7-17-21(19)24(31)27(23(17)30)18-11-12-20(28)26-22(18)29;1-8-13-14(10-3-5-11(17)6-4-10)19-7-12-21-20-9(2)22(12)16(13)23-15(8)18;;1-3-5-7-9-11-13-15-17-19-21-23-25-27-28-26-24-22-20-18-16-14-12-10-8-6-4-2;1-3-5-7-9-8-6-4-2;/h5,7-14,20,29H,3-4,6,15-19,21H2,1-2H3,(H,44,49,50);1,5,7-10,14,18H,3-4,6,11-13H2,(H,26,28,29);3-6H,7H2,1-2H3;1H4;;;1H. The number of unbranched alkanes of at least 4 members (excludes halogenated alkanes) is 2. The summed E-state index contributed by atoms with van der Waals surface area (Å²) in [7, 11) is 56.3. The van der Waals surface area contributed by atoms with Gasteiger partial charge in [-0.1, -0.05) is 85.1 Å². The lowest BCUT2D eigenvalue weighted by molar-refractivity contribution is -0.137. The predicted molar refractivity (Wildman–Crippen MR) is 700 cm³/mol. The van der Waals surface area contributed by atoms with Crippen molar-refractivity contribution in [3.8, 4) is 33.8 Å². The largest absolute Gasteiger partial charge is 0.493 e. The third-order valence-electron chi connectivity index (χ3n) is 20.4. The van der Waals surface area contributed by atoms with Crippen LogP contribution < -0.4 is 20.1 Å². The first-order chi connectivity index (χ1) is 71.1. The SMILES string of the molecule is C.C#Cc1ccc(CCCCOc2cccc3c2C(=O)N(C2CCC(=O)NC2=O)C3=O)cn1.Cc1c(CCc2ccc(CCCCOc3cccc4c3C(=O)N(C3CCC(=O)NC3=O)C4=O)cn2)sc2c1C(c1ccc(Cl)cc1)=NCc1nnc(C)n1-2.Cc1c(I)sc2c1C(c1ccc(Cl)cc1)=NCc1nnc(C)n1-2.S=S=S=S=S=S=S=S=S.S=S=S=S=S=S=S=S=S=S=S=S=S=S=S=S=S=S=S=S=S=S=S=S=S=S=S=S.[HH]. The summed E-state index contributed by atoms with van der Waals surface area (Å²) in [6.45, 7) is 9.96. The van der Waals surface area contributed by atoms with Crippen molar-refractivity contribution in [3.63, 3.8) is 0 Å². The van der Waals surface area contributed by atoms with Crippen molar-refractivity contribution in [2.24, 2.45) is 9.98 Å². The lowest BCUT2D eigenvalue weighted by Crippen LogP contribution is -2.54. The van der Waals surface area contributed by atoms with Crippen molar-refractivity contribution < 1.29 is 49.3 Å². The van der Waals surface area contributed by atoms with E-state index in [1.165, 1.54) is 60.0 Å². The van der Waals surface area contributed by atoms with Gasteiger partial charge in [0.2, 0.25) is 23.6 Å². The zero-order valence-corrected chi connectivity index (χ0v) is 110. The number of thiophene rings is 2. The molecular weight excluding hydrogens is 2780 g/mol. The van der Waals surface area contributed by atoms with Crippen molar-refractivity contribution in [3.05, 3.63) is 241 Å². The van der Waals surface area contributed by atoms with Crippen molar-refractivity contribution in [1.82, 2.24) is 59.9 Å². The van der Waals surface area contributed by atoms with Gasteiger partial charge >= 0.3 is 0 Å². The van der Waals surface area contributed by atoms with E-state index in [0.717, 1.165) is 144 Å². The van der Waals surface area contributed by atoms with Crippen LogP contribution in [0.1, 0.15) is 186 Å². The molecule has 0 bridgehead atoms. The van der Waals surface area contributed by atoms with Crippen LogP contribution in [0.25, 0.3) is 10.0 Å². The Morgan fingerprint density at radius 3 is 1.18 bits per heavy atom. The molecular formula is C81H75Cl2IN14O10S39. The topological polar surface area (TPSA) is 297 Å². The van der Waals surface area contributed by atoms with E-state index in [1.807, 2.05) is 163 Å². The number of pyridine rings is 2. The highest BCUT2D eigenvalue weighted by molar-refractivity contribution is 14.1. The van der Waals surface area contributed by atoms with Crippen LogP contribution in [0.5, 0.6) is 11.5 Å². The molecule has 4 aromatic carbocycles. The predicted octanol–water partition coefficient (Wildman–Crippen LogP) is 13.1. The number of carbonyl (C=O) groups excluding carboxylic acids is 8. The fourth-order valence-electron chi connectivity index (χ4n) is 14.2. The van der Waals surface area contributed by atoms with Crippen molar-refractivity contribution >= 4 is 465 Å². The molecule has 2 saturated heterocycles. The number of aryl methyl sites for hydroxylation is 6. The summed E-state index contributed by atoms with van der Waals surface area (Å²) < 4.78 is 17.3. The zero-order chi connectivity index (χ0) is 104. The summed E-state index contributed by atoms with van der Waals surface area (Å²) in [5.74, 6) is 2.20. The Bertz CT molecular complexity index is 8510. The average molecular weight is 2850 g/mol. The Hall–Kier alpha value is -2.63. The Balaban J connectivity index is 0.000000206. The van der Waals surface area contributed by atoms with Gasteiger partial charge in [0.1, 0.15) is 64.0 Å². The number of imide groups is 4. The number of amides is 8. The first-order valence-electron chi connectivity index (χ1n) is 41.2. The van der Waals surface area contributed by atoms with Gasteiger partial charge in [0.25, 0.3) is 23.6 Å². The lowest BCUT2D eigenvalue weighted by Gasteiger charge is -2.27. The van der Waals surface area contributed by atoms with Crippen LogP contribution in [0.3, 0.4) is 0 Å². The smallest absolute Gasteiger partial charge is 0.266 e. The summed E-state index contributed by atoms with van der Waals surface area (Å²) in [5.41, 5.74) is 13.3. The summed E-state index contributed by atoms with van der Waals surface area (Å²) in [6, 6.07) is 31.3. The summed E-state index contributed by atoms with van der Waals surface area (Å²) >= 11 is 37.0. The number of aromatic nitrogens is 8. The van der Waals surface area contributed by atoms with Gasteiger partial charge in [-0.15, -0.1) is 49.5 Å². The Morgan fingerprint density at radius 1 is 0.442 bits per heavy atom. The quantitative estimate of drug-likeness (QED) is 0.0329. The fourth-order valence-corrected chi connectivity index (χ4v) is 97.4. The third-order valence-corrected chi connectivity index (χ3v) is 93.6. The molecule has 784 valence electrons. The van der Waals surface area contributed by atoms with Crippen LogP contribution in [0.4, 0.5) is 0 Å². The Morgan fingerprint density at radius 2 is 0.816 bits per heavy atom. The van der Waals surface area contributed by atoms with Crippen LogP contribution >= 0.6 is 68.5 Å². The minimum absolute atomic E-state index is 0. The van der Waals surface area contributed by atoms with Gasteiger partial charge in [0.05, 0.1) is 49.8 Å². The molecule has 147 heavy (non-hydrogen) atoms. The monoisotopic (exact) mass is 2850 g/mol. The molecule has 16 rings (SSSR count). The highest BCUT2D eigenvalue weighted by Crippen LogP contribution is 2.41. The molecule has 0 saturated carbocycles. The highest BCUT2D eigenvalue weighted by atomic mass is 127. The molecule has 12 heterocycles. The number of terminal acetylenes is 1. The first kappa shape index (κ1) is 125. The second kappa shape index (κ2) is 67.6. The molecule has 0 spiro atoms. The molecule has 24 nitrogen and oxygen atoms in total. The molecule has 2 fully saturated rings. The molecule has 66 heteroatoms. The lowest BCUT2D eigenvalue weighted by atomic mass is 9.98. The van der Waals surface area contributed by atoms with Crippen LogP contribution in [0.15, 0.2) is 132 Å². The Labute approximate surface area is 993 Å². The number of rotatable bonds is 19. The number of hydrogen-bond donors (Lipinski definition) is 2. The molecule has 2 atom stereocenters. The van der Waals surface area contributed by atoms with Crippen molar-refractivity contribution in [1.29, 1.82) is 0 Å². The maximum atomic E-state index is 13.3. The normalized spacial score (nSPS) is 13.8. The van der Waals surface area contributed by atoms with E-state index in [2.05, 4.69) is 122 Å². The van der Waals surface area contributed by atoms with Crippen LogP contribution in [-0.4, -0.2) is 133 Å². The van der Waals surface area contributed by atoms with Gasteiger partial charge in [-0.2, -0.15) is 0 Å². The average Bonchev–Trinajstić information content (AvgIpc) is 1.62. The number of nitrogens with one attached hydrogen (secondary N) is 2. The van der Waals surface area contributed by atoms with E-state index in [-0.39, 0.29) is 56.8 Å². The van der Waals surface area contributed by atoms with Crippen molar-refractivity contribution in [2.75, 3.05) is 13.2 Å². The van der Waals surface area contributed by atoms with E-state index in [4.69, 9.17) is 76.4 Å². The molecule has 6 aliphatic heterocycles. The van der Waals surface area contributed by atoms with E-state index < -0.39 is 59.3 Å². The van der Waals surface area contributed by atoms with Gasteiger partial charge < -0.3 is 9.47 Å². The number of nitrogens with zero attached hydrogens (tertiary/aromatic N) is 12. The van der Waals surface area contributed by atoms with E-state index in [1.54, 1.807) is 240 Å². The molecule has 0 aliphatic carbocycles. The van der Waals surface area contributed by atoms with Gasteiger partial charge in [0, 0.05) is 407 Å². The van der Waals surface area contributed by atoms with Gasteiger partial charge in [-0.05, 0) is 197 Å². The number of aliphatic imine (C=N–C) groups is 2. The molecule has 2 unspecified atom stereocenters. The number of piperidine rings is 2. The van der Waals surface area contributed by atoms with E-state index in [0.29, 0.717) is 48.5 Å². The third kappa shape index (κ3) is 37.2. The Kier molecular flexibility index (Phi) is 57.2. The number of halogens is 3. The maximum absolute atomic E-state index is 13.3. The minimum Gasteiger partial charge on any atom is -0.493 e. The summed E-state index contributed by atoms with van der Waals surface area (Å²) in [5, 5.41) is 25.3. The second-order valence-electron chi connectivity index (χ2n) is 28.8. The fraction of sp³-hybridized carbons (Fsp3) is 0.284. The van der Waals surface area contributed by atoms with Crippen LogP contribution in [0, 0.1) is 42.9 Å². The summed E-state index contributed by atoms with van der Waals surface area (Å²) in [4.78, 5) is 122. The minimum atomic E-state index is -1.02. The number of carbonyl (C=O) groups is 8. The maximum Gasteiger partial charge on any atom is 0.266 e. The zero-order valence-electron chi connectivity index (χ0n) is 74.6. The van der Waals surface area contributed by atoms with Crippen LogP contribution in [0.2, 0.25) is 10.0 Å². The summed E-state index contributed by atoms with van der Waals surface area (Å²) in [6.07, 6.45) is 15.8. The van der Waals surface area contributed by atoms with Gasteiger partial charge in [-0.25, -0.2) is 4.98 Å². The van der Waals surface area contributed by atoms with Gasteiger partial charge in [0.15, 0.2) is 11.6 Å². The van der Waals surface area contributed by atoms with Crippen LogP contribution in [-0.2, 0) is 396 Å². The van der Waals surface area contributed by atoms with E-state index in [9.17, 15) is 38.4 Å². The highest BCUT2D eigenvalue weighted by Gasteiger charge is 2.48. The number of benzene rings is 4. The van der Waals surface area contributed by atoms with E-state index >= 15 is 0 Å². The molecule has 8 amide bonds. The molecule has 2 N–H and O–H groups in total. The van der Waals surface area contributed by atoms with Gasteiger partial charge in [-0.3, -0.25) is 82.9 Å². The number of hydrogen-bond acceptors (Lipinski definition) is 24. The number of fused-ring (bicyclic) bond motifs is 8.